The predicted octanol–water partition coefficient (Wildman–Crippen LogP) is 0.959. The van der Waals surface area contributed by atoms with E-state index in [-0.39, 0.29) is 71.3 Å². The monoisotopic (exact) mass is 713 g/mol. The first kappa shape index (κ1) is 42.4. The molecular formula is C32H53N5Na2O6S2. The molecule has 0 aliphatic heterocycles. The zero-order valence-electron chi connectivity index (χ0n) is 28.6. The van der Waals surface area contributed by atoms with Gasteiger partial charge >= 0.3 is 69.7 Å². The minimum atomic E-state index is -3.11. The van der Waals surface area contributed by atoms with Crippen molar-refractivity contribution in [2.75, 3.05) is 0 Å². The Kier molecular flexibility index (Phi) is 20.6. The predicted molar refractivity (Wildman–Crippen MR) is 170 cm³/mol. The Labute approximate surface area is 333 Å². The SMILES string of the molecule is O=S(=O)=O.[Na+].[Na+].[S-]OOOC1CCCC(N=NC2CCC(N=NC3CCC(NC4CCCCC4)C4[CH-]CCCC34)C3CCCCC23)C1. The topological polar surface area (TPSA) is 140 Å². The van der Waals surface area contributed by atoms with Crippen LogP contribution >= 0.6 is 0 Å². The fourth-order valence-electron chi connectivity index (χ4n) is 9.54. The molecule has 6 aliphatic rings. The molecule has 6 aliphatic carbocycles. The third-order valence-electron chi connectivity index (χ3n) is 11.6. The Morgan fingerprint density at radius 2 is 1.21 bits per heavy atom. The van der Waals surface area contributed by atoms with Crippen LogP contribution in [0, 0.1) is 30.1 Å². The van der Waals surface area contributed by atoms with Gasteiger partial charge in [-0.3, -0.25) is 0 Å². The van der Waals surface area contributed by atoms with Crippen LogP contribution in [-0.4, -0.2) is 55.0 Å². The molecule has 15 heteroatoms. The van der Waals surface area contributed by atoms with Gasteiger partial charge < -0.3 is 29.0 Å². The van der Waals surface area contributed by atoms with E-state index in [9.17, 15) is 0 Å². The molecule has 6 rings (SSSR count). The molecular weight excluding hydrogens is 660 g/mol. The van der Waals surface area contributed by atoms with E-state index in [1.807, 2.05) is 0 Å². The molecule has 0 radical (unpaired) electrons. The molecule has 0 bridgehead atoms. The second-order valence-corrected chi connectivity index (χ2v) is 14.9. The molecule has 256 valence electrons. The standard InChI is InChI=1S/C32H54N5O3S.2Na.O3S/c41-40-39-38-24-12-8-11-23(21-24)34-35-30-19-20-32(28-16-7-6-15-27(28)30)37-36-31-18-17-29(25-13-4-5-14-26(25)31)33-22-9-2-1-3-10-22;;;1-4(2)3/h13,22-33,41H,1-12,14-21H2;;;/q-1;2*+1;/p-1. The molecule has 0 aromatic heterocycles. The summed E-state index contributed by atoms with van der Waals surface area (Å²) in [4.78, 5) is 5.25. The number of hydrogen-bond acceptors (Lipinski definition) is 12. The summed E-state index contributed by atoms with van der Waals surface area (Å²) in [5, 5.41) is 29.0. The van der Waals surface area contributed by atoms with Gasteiger partial charge in [-0.15, -0.1) is 18.5 Å². The minimum absolute atomic E-state index is 0. The Balaban J connectivity index is 0.000000948. The fourth-order valence-corrected chi connectivity index (χ4v) is 9.58. The van der Waals surface area contributed by atoms with Crippen LogP contribution < -0.4 is 64.4 Å². The number of rotatable bonds is 9. The maximum absolute atomic E-state index is 8.44. The molecule has 0 aromatic rings. The van der Waals surface area contributed by atoms with Crippen LogP contribution in [0.5, 0.6) is 0 Å². The quantitative estimate of drug-likeness (QED) is 0.0932. The summed E-state index contributed by atoms with van der Waals surface area (Å²) in [5.41, 5.74) is 0. The number of nitrogens with zero attached hydrogens (tertiary/aromatic N) is 4. The van der Waals surface area contributed by atoms with E-state index in [1.54, 1.807) is 0 Å². The molecule has 0 amide bonds. The summed E-state index contributed by atoms with van der Waals surface area (Å²) < 4.78 is 29.5. The van der Waals surface area contributed by atoms with Crippen LogP contribution in [0.4, 0.5) is 0 Å². The summed E-state index contributed by atoms with van der Waals surface area (Å²) in [5.74, 6) is 2.58. The second kappa shape index (κ2) is 22.8. The molecule has 6 fully saturated rings. The van der Waals surface area contributed by atoms with Crippen molar-refractivity contribution in [3.8, 4) is 0 Å². The summed E-state index contributed by atoms with van der Waals surface area (Å²) >= 11 is 4.36. The smallest absolute Gasteiger partial charge is 0.579 e. The van der Waals surface area contributed by atoms with Gasteiger partial charge in [0.2, 0.25) is 0 Å². The summed E-state index contributed by atoms with van der Waals surface area (Å²) in [6, 6.07) is 2.72. The van der Waals surface area contributed by atoms with Crippen molar-refractivity contribution in [3.05, 3.63) is 6.42 Å². The van der Waals surface area contributed by atoms with E-state index in [2.05, 4.69) is 34.0 Å². The maximum Gasteiger partial charge on any atom is 1.00 e. The summed E-state index contributed by atoms with van der Waals surface area (Å²) in [7, 11) is -3.11. The maximum atomic E-state index is 8.44. The number of hydrogen-bond donors (Lipinski definition) is 1. The average Bonchev–Trinajstić information content (AvgIpc) is 3.07. The van der Waals surface area contributed by atoms with Gasteiger partial charge in [-0.25, -0.2) is 4.89 Å². The van der Waals surface area contributed by atoms with Crippen molar-refractivity contribution in [1.82, 2.24) is 5.32 Å². The molecule has 0 saturated heterocycles. The van der Waals surface area contributed by atoms with Crippen molar-refractivity contribution >= 4 is 23.5 Å². The van der Waals surface area contributed by atoms with Gasteiger partial charge in [0.05, 0.1) is 30.3 Å². The molecule has 10 atom stereocenters. The van der Waals surface area contributed by atoms with Crippen LogP contribution in [0.2, 0.25) is 0 Å². The molecule has 0 aromatic carbocycles. The van der Waals surface area contributed by atoms with E-state index in [0.29, 0.717) is 47.8 Å². The van der Waals surface area contributed by atoms with Crippen LogP contribution in [0.1, 0.15) is 128 Å². The minimum Gasteiger partial charge on any atom is -0.579 e. The van der Waals surface area contributed by atoms with E-state index < -0.39 is 10.6 Å². The molecule has 6 saturated carbocycles. The van der Waals surface area contributed by atoms with Gasteiger partial charge in [-0.2, -0.15) is 26.9 Å². The molecule has 1 N–H and O–H groups in total. The van der Waals surface area contributed by atoms with Gasteiger partial charge in [-0.05, 0) is 94.4 Å². The zero-order valence-corrected chi connectivity index (χ0v) is 34.3. The van der Waals surface area contributed by atoms with E-state index in [4.69, 9.17) is 38.0 Å². The van der Waals surface area contributed by atoms with E-state index in [0.717, 1.165) is 44.6 Å². The number of nitrogens with one attached hydrogen (secondary N) is 1. The third kappa shape index (κ3) is 13.2. The van der Waals surface area contributed by atoms with Gasteiger partial charge in [0.25, 0.3) is 0 Å². The van der Waals surface area contributed by atoms with Crippen molar-refractivity contribution in [2.45, 2.75) is 171 Å². The largest absolute Gasteiger partial charge is 1.00 e. The van der Waals surface area contributed by atoms with Crippen molar-refractivity contribution in [3.63, 3.8) is 0 Å². The van der Waals surface area contributed by atoms with Gasteiger partial charge in [0.1, 0.15) is 0 Å². The molecule has 0 heterocycles. The Morgan fingerprint density at radius 3 is 1.87 bits per heavy atom. The molecule has 11 nitrogen and oxygen atoms in total. The number of azo groups is 2. The fraction of sp³-hybridized carbons (Fsp3) is 0.969. The second-order valence-electron chi connectivity index (χ2n) is 14.3. The third-order valence-corrected chi connectivity index (χ3v) is 11.7. The Hall–Kier alpha value is 1.01. The van der Waals surface area contributed by atoms with Gasteiger partial charge in [0.15, 0.2) is 0 Å². The van der Waals surface area contributed by atoms with Crippen LogP contribution in [0.3, 0.4) is 0 Å². The summed E-state index contributed by atoms with van der Waals surface area (Å²) in [6.45, 7) is 0. The molecule has 10 unspecified atom stereocenters. The van der Waals surface area contributed by atoms with Crippen molar-refractivity contribution in [2.24, 2.45) is 44.1 Å². The Morgan fingerprint density at radius 1 is 0.638 bits per heavy atom. The zero-order chi connectivity index (χ0) is 31.4. The number of fused-ring (bicyclic) bond motifs is 2. The van der Waals surface area contributed by atoms with Crippen molar-refractivity contribution < 1.29 is 86.0 Å². The van der Waals surface area contributed by atoms with E-state index in [1.165, 1.54) is 89.9 Å². The summed E-state index contributed by atoms with van der Waals surface area (Å²) in [6.07, 6.45) is 27.3. The first-order valence-corrected chi connectivity index (χ1v) is 19.1. The van der Waals surface area contributed by atoms with Crippen LogP contribution in [0.25, 0.3) is 0 Å². The molecule has 0 spiro atoms. The van der Waals surface area contributed by atoms with Crippen LogP contribution in [-0.2, 0) is 37.8 Å². The van der Waals surface area contributed by atoms with E-state index >= 15 is 0 Å². The first-order chi connectivity index (χ1) is 22.0. The van der Waals surface area contributed by atoms with Gasteiger partial charge in [0, 0.05) is 12.5 Å². The Bertz CT molecular complexity index is 1070. The van der Waals surface area contributed by atoms with Crippen LogP contribution in [0.15, 0.2) is 20.5 Å². The molecule has 47 heavy (non-hydrogen) atoms. The van der Waals surface area contributed by atoms with Gasteiger partial charge in [-0.1, -0.05) is 50.0 Å². The first-order valence-electron chi connectivity index (χ1n) is 17.8. The van der Waals surface area contributed by atoms with Crippen molar-refractivity contribution in [1.29, 1.82) is 0 Å². The average molecular weight is 714 g/mol. The normalized spacial score (nSPS) is 37.8.